The fourth-order valence-electron chi connectivity index (χ4n) is 1.99. The molecule has 2 nitrogen and oxygen atoms in total. The van der Waals surface area contributed by atoms with Crippen LogP contribution in [0.1, 0.15) is 27.0 Å². The highest BCUT2D eigenvalue weighted by Crippen LogP contribution is 2.25. The summed E-state index contributed by atoms with van der Waals surface area (Å²) >= 11 is 0. The Balaban J connectivity index is 2.12. The van der Waals surface area contributed by atoms with Crippen LogP contribution in [0.5, 0.6) is 5.75 Å². The molecule has 0 atom stereocenters. The van der Waals surface area contributed by atoms with E-state index in [9.17, 15) is 4.79 Å². The van der Waals surface area contributed by atoms with Crippen molar-refractivity contribution in [2.75, 3.05) is 6.61 Å². The maximum absolute atomic E-state index is 12.0. The molecule has 0 amide bonds. The van der Waals surface area contributed by atoms with Crippen LogP contribution < -0.4 is 4.74 Å². The SMILES string of the molecule is Cc1ccc(C)c(OCC(=O)c2ccccc2)c1C. The first-order chi connectivity index (χ1) is 9.09. The van der Waals surface area contributed by atoms with Crippen LogP contribution in [0.4, 0.5) is 0 Å². The lowest BCUT2D eigenvalue weighted by Crippen LogP contribution is -2.12. The van der Waals surface area contributed by atoms with Gasteiger partial charge in [0.1, 0.15) is 5.75 Å². The van der Waals surface area contributed by atoms with E-state index in [1.54, 1.807) is 0 Å². The Bertz CT molecular complexity index is 586. The fraction of sp³-hybridized carbons (Fsp3) is 0.235. The third-order valence-electron chi connectivity index (χ3n) is 3.32. The average molecular weight is 254 g/mol. The summed E-state index contributed by atoms with van der Waals surface area (Å²) in [6, 6.07) is 13.3. The molecular weight excluding hydrogens is 236 g/mol. The van der Waals surface area contributed by atoms with E-state index >= 15 is 0 Å². The zero-order valence-electron chi connectivity index (χ0n) is 11.6. The molecule has 0 N–H and O–H groups in total. The monoisotopic (exact) mass is 254 g/mol. The maximum atomic E-state index is 12.0. The Morgan fingerprint density at radius 2 is 1.58 bits per heavy atom. The Morgan fingerprint density at radius 1 is 0.947 bits per heavy atom. The third-order valence-corrected chi connectivity index (χ3v) is 3.32. The Morgan fingerprint density at radius 3 is 2.26 bits per heavy atom. The quantitative estimate of drug-likeness (QED) is 0.774. The number of rotatable bonds is 4. The molecule has 0 saturated carbocycles. The molecular formula is C17H18O2. The molecule has 0 fully saturated rings. The molecule has 19 heavy (non-hydrogen) atoms. The van der Waals surface area contributed by atoms with Crippen LogP contribution in [0, 0.1) is 20.8 Å². The molecule has 0 spiro atoms. The fourth-order valence-corrected chi connectivity index (χ4v) is 1.99. The molecule has 98 valence electrons. The van der Waals surface area contributed by atoms with Gasteiger partial charge in [-0.25, -0.2) is 0 Å². The van der Waals surface area contributed by atoms with Gasteiger partial charge in [-0.1, -0.05) is 42.5 Å². The normalized spacial score (nSPS) is 10.3. The van der Waals surface area contributed by atoms with Gasteiger partial charge in [0, 0.05) is 5.56 Å². The van der Waals surface area contributed by atoms with Gasteiger partial charge in [-0.2, -0.15) is 0 Å². The molecule has 0 unspecified atom stereocenters. The predicted octanol–water partition coefficient (Wildman–Crippen LogP) is 3.87. The minimum atomic E-state index is 0.000839. The standard InChI is InChI=1S/C17H18O2/c1-12-9-10-13(2)17(14(12)3)19-11-16(18)15-7-5-4-6-8-15/h4-10H,11H2,1-3H3. The van der Waals surface area contributed by atoms with Gasteiger partial charge < -0.3 is 4.74 Å². The summed E-state index contributed by atoms with van der Waals surface area (Å²) in [7, 11) is 0. The first-order valence-corrected chi connectivity index (χ1v) is 6.37. The van der Waals surface area contributed by atoms with Crippen molar-refractivity contribution in [3.63, 3.8) is 0 Å². The van der Waals surface area contributed by atoms with Crippen molar-refractivity contribution in [3.8, 4) is 5.75 Å². The number of ether oxygens (including phenoxy) is 1. The molecule has 0 bridgehead atoms. The molecule has 0 saturated heterocycles. The van der Waals surface area contributed by atoms with Crippen LogP contribution in [0.25, 0.3) is 0 Å². The number of carbonyl (C=O) groups is 1. The lowest BCUT2D eigenvalue weighted by atomic mass is 10.1. The van der Waals surface area contributed by atoms with Gasteiger partial charge in [0.05, 0.1) is 0 Å². The Labute approximate surface area is 114 Å². The smallest absolute Gasteiger partial charge is 0.200 e. The summed E-state index contributed by atoms with van der Waals surface area (Å²) in [4.78, 5) is 12.0. The second-order valence-electron chi connectivity index (χ2n) is 4.73. The molecule has 2 heteroatoms. The molecule has 0 aliphatic rings. The first kappa shape index (κ1) is 13.3. The molecule has 0 aromatic heterocycles. The van der Waals surface area contributed by atoms with Gasteiger partial charge in [-0.15, -0.1) is 0 Å². The van der Waals surface area contributed by atoms with Gasteiger partial charge in [0.15, 0.2) is 12.4 Å². The van der Waals surface area contributed by atoms with Crippen LogP contribution >= 0.6 is 0 Å². The van der Waals surface area contributed by atoms with E-state index in [4.69, 9.17) is 4.74 Å². The van der Waals surface area contributed by atoms with Crippen molar-refractivity contribution < 1.29 is 9.53 Å². The second-order valence-corrected chi connectivity index (χ2v) is 4.73. The number of benzene rings is 2. The molecule has 0 aliphatic carbocycles. The van der Waals surface area contributed by atoms with Crippen molar-refractivity contribution in [3.05, 3.63) is 64.7 Å². The lowest BCUT2D eigenvalue weighted by molar-refractivity contribution is 0.0920. The minimum Gasteiger partial charge on any atom is -0.485 e. The van der Waals surface area contributed by atoms with E-state index in [0.29, 0.717) is 5.56 Å². The number of hydrogen-bond donors (Lipinski definition) is 0. The van der Waals surface area contributed by atoms with Crippen molar-refractivity contribution in [1.82, 2.24) is 0 Å². The molecule has 2 aromatic carbocycles. The number of aryl methyl sites for hydroxylation is 2. The highest BCUT2D eigenvalue weighted by molar-refractivity contribution is 5.97. The molecule has 2 aromatic rings. The van der Waals surface area contributed by atoms with Crippen molar-refractivity contribution in [1.29, 1.82) is 0 Å². The minimum absolute atomic E-state index is 0.000839. The average Bonchev–Trinajstić information content (AvgIpc) is 2.44. The van der Waals surface area contributed by atoms with Crippen LogP contribution in [-0.2, 0) is 0 Å². The van der Waals surface area contributed by atoms with Gasteiger partial charge in [-0.3, -0.25) is 4.79 Å². The van der Waals surface area contributed by atoms with Gasteiger partial charge in [0.25, 0.3) is 0 Å². The molecule has 0 heterocycles. The Kier molecular flexibility index (Phi) is 4.00. The van der Waals surface area contributed by atoms with Gasteiger partial charge >= 0.3 is 0 Å². The second kappa shape index (κ2) is 5.70. The highest BCUT2D eigenvalue weighted by Gasteiger charge is 2.10. The maximum Gasteiger partial charge on any atom is 0.200 e. The van der Waals surface area contributed by atoms with Crippen molar-refractivity contribution in [2.24, 2.45) is 0 Å². The largest absolute Gasteiger partial charge is 0.485 e. The molecule has 0 radical (unpaired) electrons. The zero-order chi connectivity index (χ0) is 13.8. The number of carbonyl (C=O) groups excluding carboxylic acids is 1. The van der Waals surface area contributed by atoms with E-state index in [2.05, 4.69) is 6.07 Å². The number of ketones is 1. The lowest BCUT2D eigenvalue weighted by Gasteiger charge is -2.13. The number of hydrogen-bond acceptors (Lipinski definition) is 2. The van der Waals surface area contributed by atoms with Gasteiger partial charge in [0.2, 0.25) is 0 Å². The summed E-state index contributed by atoms with van der Waals surface area (Å²) in [6.45, 7) is 6.13. The van der Waals surface area contributed by atoms with Crippen molar-refractivity contribution >= 4 is 5.78 Å². The van der Waals surface area contributed by atoms with Gasteiger partial charge in [-0.05, 0) is 37.5 Å². The topological polar surface area (TPSA) is 26.3 Å². The van der Waals surface area contributed by atoms with E-state index in [-0.39, 0.29) is 12.4 Å². The van der Waals surface area contributed by atoms with Crippen molar-refractivity contribution in [2.45, 2.75) is 20.8 Å². The zero-order valence-corrected chi connectivity index (χ0v) is 11.6. The summed E-state index contributed by atoms with van der Waals surface area (Å²) in [5.74, 6) is 0.824. The van der Waals surface area contributed by atoms with E-state index in [1.165, 1.54) is 5.56 Å². The van der Waals surface area contributed by atoms with E-state index < -0.39 is 0 Å². The van der Waals surface area contributed by atoms with Crippen LogP contribution in [0.2, 0.25) is 0 Å². The van der Waals surface area contributed by atoms with Crippen LogP contribution in [0.15, 0.2) is 42.5 Å². The Hall–Kier alpha value is -2.09. The number of Topliss-reactive ketones (excluding diaryl/α,β-unsaturated/α-hetero) is 1. The molecule has 2 rings (SSSR count). The summed E-state index contributed by atoms with van der Waals surface area (Å²) in [5.41, 5.74) is 4.02. The summed E-state index contributed by atoms with van der Waals surface area (Å²) in [6.07, 6.45) is 0. The van der Waals surface area contributed by atoms with Crippen LogP contribution in [-0.4, -0.2) is 12.4 Å². The summed E-state index contributed by atoms with van der Waals surface area (Å²) in [5, 5.41) is 0. The third kappa shape index (κ3) is 3.02. The van der Waals surface area contributed by atoms with Crippen LogP contribution in [0.3, 0.4) is 0 Å². The first-order valence-electron chi connectivity index (χ1n) is 6.37. The highest BCUT2D eigenvalue weighted by atomic mass is 16.5. The van der Waals surface area contributed by atoms with E-state index in [1.807, 2.05) is 57.2 Å². The molecule has 0 aliphatic heterocycles. The summed E-state index contributed by atoms with van der Waals surface area (Å²) < 4.78 is 5.72. The predicted molar refractivity (Wildman–Crippen MR) is 76.9 cm³/mol. The van der Waals surface area contributed by atoms with E-state index in [0.717, 1.165) is 16.9 Å².